The fourth-order valence-corrected chi connectivity index (χ4v) is 8.42. The molecule has 0 spiro atoms. The maximum Gasteiger partial charge on any atom is 0.108 e. The topological polar surface area (TPSA) is 58.6 Å². The van der Waals surface area contributed by atoms with Crippen LogP contribution in [0.15, 0.2) is 70.6 Å². The third kappa shape index (κ3) is 3.36. The molecule has 40 heavy (non-hydrogen) atoms. The van der Waals surface area contributed by atoms with Crippen LogP contribution in [0, 0.1) is 11.8 Å². The van der Waals surface area contributed by atoms with Crippen molar-refractivity contribution >= 4 is 55.7 Å². The number of nitrogens with one attached hydrogen (secondary N) is 2. The molecular weight excluding hydrogens is 492 g/mol. The lowest BCUT2D eigenvalue weighted by atomic mass is 9.84. The van der Waals surface area contributed by atoms with Crippen molar-refractivity contribution in [2.45, 2.75) is 56.8 Å². The second-order valence-electron chi connectivity index (χ2n) is 12.4. The zero-order valence-corrected chi connectivity index (χ0v) is 22.9. The molecule has 4 aliphatic heterocycles. The van der Waals surface area contributed by atoms with E-state index in [1.165, 1.54) is 75.1 Å². The van der Waals surface area contributed by atoms with Crippen LogP contribution in [-0.4, -0.2) is 52.9 Å². The fraction of sp³-hybridized carbons (Fsp3) is 0.412. The molecule has 2 fully saturated rings. The van der Waals surface area contributed by atoms with Crippen molar-refractivity contribution in [1.29, 1.82) is 0 Å². The summed E-state index contributed by atoms with van der Waals surface area (Å²) < 4.78 is 5.09. The molecule has 2 aromatic heterocycles. The molecule has 0 bridgehead atoms. The largest absolute Gasteiger partial charge is 0.324 e. The Hall–Kier alpha value is -3.48. The molecule has 9 rings (SSSR count). The van der Waals surface area contributed by atoms with Crippen LogP contribution in [0.1, 0.15) is 44.7 Å². The van der Waals surface area contributed by atoms with E-state index in [1.54, 1.807) is 0 Å². The molecular formula is C34H36N6. The quantitative estimate of drug-likeness (QED) is 0.270. The summed E-state index contributed by atoms with van der Waals surface area (Å²) in [6.45, 7) is 3.06. The molecule has 2 saturated heterocycles. The second kappa shape index (κ2) is 9.02. The first-order valence-electron chi connectivity index (χ1n) is 15.3. The van der Waals surface area contributed by atoms with E-state index < -0.39 is 0 Å². The summed E-state index contributed by atoms with van der Waals surface area (Å²) in [7, 11) is 0. The Morgan fingerprint density at radius 3 is 2.48 bits per heavy atom. The second-order valence-corrected chi connectivity index (χ2v) is 12.4. The van der Waals surface area contributed by atoms with Gasteiger partial charge < -0.3 is 9.88 Å². The minimum Gasteiger partial charge on any atom is -0.324 e. The molecule has 202 valence electrons. The number of rotatable bonds is 1. The molecule has 0 saturated carbocycles. The Morgan fingerprint density at radius 1 is 0.750 bits per heavy atom. The van der Waals surface area contributed by atoms with E-state index in [4.69, 9.17) is 4.99 Å². The van der Waals surface area contributed by atoms with Crippen LogP contribution in [-0.2, 0) is 0 Å². The predicted molar refractivity (Wildman–Crippen MR) is 166 cm³/mol. The summed E-state index contributed by atoms with van der Waals surface area (Å²) in [5.74, 6) is 2.64. The molecule has 3 aromatic carbocycles. The molecule has 6 heteroatoms. The number of benzene rings is 3. The number of hydrogen-bond donors (Lipinski definition) is 2. The van der Waals surface area contributed by atoms with Gasteiger partial charge in [0.15, 0.2) is 0 Å². The van der Waals surface area contributed by atoms with Crippen molar-refractivity contribution in [3.05, 3.63) is 60.7 Å². The smallest absolute Gasteiger partial charge is 0.108 e. The van der Waals surface area contributed by atoms with Crippen molar-refractivity contribution in [1.82, 2.24) is 19.8 Å². The van der Waals surface area contributed by atoms with Gasteiger partial charge in [0.2, 0.25) is 0 Å². The van der Waals surface area contributed by atoms with Crippen LogP contribution in [0.2, 0.25) is 0 Å². The van der Waals surface area contributed by atoms with Gasteiger partial charge in [0.1, 0.15) is 5.84 Å². The number of para-hydroxylation sites is 2. The average molecular weight is 529 g/mol. The Kier molecular flexibility index (Phi) is 5.24. The first-order valence-corrected chi connectivity index (χ1v) is 15.3. The van der Waals surface area contributed by atoms with Crippen LogP contribution in [0.5, 0.6) is 0 Å². The number of hydrogen-bond acceptors (Lipinski definition) is 4. The summed E-state index contributed by atoms with van der Waals surface area (Å²) in [4.78, 5) is 9.95. The molecule has 0 amide bonds. The number of piperidine rings is 2. The van der Waals surface area contributed by atoms with Crippen molar-refractivity contribution in [2.24, 2.45) is 21.8 Å². The van der Waals surface area contributed by atoms with Crippen LogP contribution in [0.25, 0.3) is 43.6 Å². The average Bonchev–Trinajstić information content (AvgIpc) is 3.53. The van der Waals surface area contributed by atoms with E-state index >= 15 is 0 Å². The van der Waals surface area contributed by atoms with Crippen molar-refractivity contribution in [2.75, 3.05) is 19.6 Å². The van der Waals surface area contributed by atoms with Gasteiger partial charge in [-0.2, -0.15) is 0 Å². The minimum atomic E-state index is 0.306. The summed E-state index contributed by atoms with van der Waals surface area (Å²) in [5.41, 5.74) is 5.22. The zero-order chi connectivity index (χ0) is 26.2. The summed E-state index contributed by atoms with van der Waals surface area (Å²) in [5, 5.41) is 13.1. The van der Waals surface area contributed by atoms with E-state index in [9.17, 15) is 0 Å². The monoisotopic (exact) mass is 528 g/mol. The van der Waals surface area contributed by atoms with Crippen LogP contribution < -0.4 is 10.6 Å². The van der Waals surface area contributed by atoms with Gasteiger partial charge in [0, 0.05) is 40.6 Å². The minimum absolute atomic E-state index is 0.306. The zero-order valence-electron chi connectivity index (χ0n) is 22.9. The van der Waals surface area contributed by atoms with Crippen LogP contribution >= 0.6 is 0 Å². The van der Waals surface area contributed by atoms with Crippen LogP contribution in [0.4, 0.5) is 0 Å². The Bertz CT molecular complexity index is 1840. The number of nitrogens with zero attached hydrogens (tertiary/aromatic N) is 4. The first kappa shape index (κ1) is 23.2. The predicted octanol–water partition coefficient (Wildman–Crippen LogP) is 6.26. The van der Waals surface area contributed by atoms with Gasteiger partial charge in [-0.25, -0.2) is 0 Å². The number of aromatic nitrogens is 2. The van der Waals surface area contributed by atoms with Gasteiger partial charge in [-0.05, 0) is 81.0 Å². The highest BCUT2D eigenvalue weighted by Crippen LogP contribution is 2.43. The lowest BCUT2D eigenvalue weighted by Gasteiger charge is -2.41. The normalized spacial score (nSPS) is 28.7. The lowest BCUT2D eigenvalue weighted by Crippen LogP contribution is -2.53. The van der Waals surface area contributed by atoms with E-state index in [1.807, 2.05) is 0 Å². The molecule has 2 N–H and O–H groups in total. The molecule has 6 heterocycles. The third-order valence-electron chi connectivity index (χ3n) is 10.3. The highest BCUT2D eigenvalue weighted by atomic mass is 15.2. The Labute approximate surface area is 234 Å². The molecule has 0 radical (unpaired) electrons. The highest BCUT2D eigenvalue weighted by Gasteiger charge is 2.34. The molecule has 5 atom stereocenters. The number of fused-ring (bicyclic) bond motifs is 9. The van der Waals surface area contributed by atoms with Gasteiger partial charge in [-0.1, -0.05) is 36.4 Å². The fourth-order valence-electron chi connectivity index (χ4n) is 8.42. The highest BCUT2D eigenvalue weighted by molar-refractivity contribution is 6.29. The summed E-state index contributed by atoms with van der Waals surface area (Å²) in [6, 6.07) is 23.6. The van der Waals surface area contributed by atoms with Crippen molar-refractivity contribution in [3.8, 4) is 0 Å². The van der Waals surface area contributed by atoms with E-state index in [-0.39, 0.29) is 0 Å². The van der Waals surface area contributed by atoms with Gasteiger partial charge in [0.05, 0.1) is 40.8 Å². The lowest BCUT2D eigenvalue weighted by molar-refractivity contribution is 0.161. The van der Waals surface area contributed by atoms with Gasteiger partial charge in [-0.15, -0.1) is 0 Å². The Morgan fingerprint density at radius 2 is 1.55 bits per heavy atom. The Balaban J connectivity index is 1.29. The SMILES string of the molecule is C1=NCC2N=C(n3c4ccccc4c4c5c6ccccc6n(C6CCC7CCNCC7N6)c5ccc43)CCC2C1. The number of aliphatic imine (C=N–C) groups is 2. The maximum atomic E-state index is 5.35. The van der Waals surface area contributed by atoms with Gasteiger partial charge >= 0.3 is 0 Å². The van der Waals surface area contributed by atoms with E-state index in [0.29, 0.717) is 24.2 Å². The molecule has 5 unspecified atom stereocenters. The van der Waals surface area contributed by atoms with Crippen LogP contribution in [0.3, 0.4) is 0 Å². The van der Waals surface area contributed by atoms with Crippen molar-refractivity contribution in [3.63, 3.8) is 0 Å². The molecule has 0 aliphatic carbocycles. The molecule has 6 nitrogen and oxygen atoms in total. The first-order chi connectivity index (χ1) is 19.8. The van der Waals surface area contributed by atoms with Gasteiger partial charge in [-0.3, -0.25) is 19.9 Å². The standard InChI is InChI=1S/C34H36N6/c1-3-7-27-23(5-1)33-29(39(27)31-13-9-21-15-17-35-19-25(21)37-31)11-12-30-34(33)24-6-2-4-8-28(24)40(30)32-14-10-22-16-18-36-20-26(22)38-32/h1-8,11-12,17,21-22,25-26,32,36,38H,9-10,13-16,18-20H2. The van der Waals surface area contributed by atoms with Gasteiger partial charge in [0.25, 0.3) is 0 Å². The van der Waals surface area contributed by atoms with Crippen molar-refractivity contribution < 1.29 is 0 Å². The molecule has 5 aromatic rings. The third-order valence-corrected chi connectivity index (χ3v) is 10.3. The summed E-state index contributed by atoms with van der Waals surface area (Å²) in [6.07, 6.45) is 9.46. The maximum absolute atomic E-state index is 5.35. The summed E-state index contributed by atoms with van der Waals surface area (Å²) >= 11 is 0. The van der Waals surface area contributed by atoms with E-state index in [0.717, 1.165) is 38.4 Å². The molecule has 4 aliphatic rings. The van der Waals surface area contributed by atoms with E-state index in [2.05, 4.69) is 91.6 Å².